The molecule has 1 aliphatic carbocycles. The molecule has 0 unspecified atom stereocenters. The minimum atomic E-state index is -4.23. The van der Waals surface area contributed by atoms with Crippen LogP contribution in [-0.4, -0.2) is 24.5 Å². The van der Waals surface area contributed by atoms with Gasteiger partial charge in [-0.3, -0.25) is 4.79 Å². The van der Waals surface area contributed by atoms with Gasteiger partial charge >= 0.3 is 6.18 Å². The van der Waals surface area contributed by atoms with E-state index in [9.17, 15) is 18.0 Å². The maximum absolute atomic E-state index is 12.6. The molecule has 1 aromatic carbocycles. The van der Waals surface area contributed by atoms with Crippen molar-refractivity contribution in [1.82, 2.24) is 0 Å². The minimum Gasteiger partial charge on any atom is -0.359 e. The third-order valence-corrected chi connectivity index (χ3v) is 3.64. The number of rotatable bonds is 4. The zero-order valence-corrected chi connectivity index (χ0v) is 11.9. The van der Waals surface area contributed by atoms with E-state index in [4.69, 9.17) is 0 Å². The van der Waals surface area contributed by atoms with Gasteiger partial charge in [0, 0.05) is 16.1 Å². The summed E-state index contributed by atoms with van der Waals surface area (Å²) in [6.07, 6.45) is -2.69. The van der Waals surface area contributed by atoms with Gasteiger partial charge in [0.2, 0.25) is 0 Å². The Morgan fingerprint density at radius 2 is 2.05 bits per heavy atom. The number of carbonyl (C=O) groups is 1. The normalized spacial score (nSPS) is 15.4. The summed E-state index contributed by atoms with van der Waals surface area (Å²) < 4.78 is 38.3. The SMILES string of the molecule is CC(=O)c1ccc(N(CC(F)(F)F)C2CC2)c(Br)c1. The van der Waals surface area contributed by atoms with Crippen LogP contribution in [0, 0.1) is 0 Å². The van der Waals surface area contributed by atoms with Crippen LogP contribution in [0.25, 0.3) is 0 Å². The number of hydrogen-bond acceptors (Lipinski definition) is 2. The van der Waals surface area contributed by atoms with Crippen LogP contribution in [0.2, 0.25) is 0 Å². The summed E-state index contributed by atoms with van der Waals surface area (Å²) >= 11 is 3.26. The Labute approximate surface area is 117 Å². The van der Waals surface area contributed by atoms with Gasteiger partial charge in [-0.25, -0.2) is 0 Å². The first-order valence-corrected chi connectivity index (χ1v) is 6.71. The summed E-state index contributed by atoms with van der Waals surface area (Å²) in [6.45, 7) is 0.464. The number of ketones is 1. The molecule has 104 valence electrons. The van der Waals surface area contributed by atoms with E-state index in [0.29, 0.717) is 15.7 Å². The molecule has 1 aliphatic rings. The highest BCUT2D eigenvalue weighted by molar-refractivity contribution is 9.10. The van der Waals surface area contributed by atoms with Gasteiger partial charge in [0.15, 0.2) is 5.78 Å². The van der Waals surface area contributed by atoms with Gasteiger partial charge in [0.1, 0.15) is 6.54 Å². The fourth-order valence-corrected chi connectivity index (χ4v) is 2.56. The predicted octanol–water partition coefficient (Wildman–Crippen LogP) is 4.18. The van der Waals surface area contributed by atoms with Crippen molar-refractivity contribution in [1.29, 1.82) is 0 Å². The Hall–Kier alpha value is -1.04. The maximum atomic E-state index is 12.6. The number of Topliss-reactive ketones (excluding diaryl/α,β-unsaturated/α-hetero) is 1. The van der Waals surface area contributed by atoms with Crippen LogP contribution >= 0.6 is 15.9 Å². The third-order valence-electron chi connectivity index (χ3n) is 3.00. The molecule has 0 aromatic heterocycles. The second-order valence-corrected chi connectivity index (χ2v) is 5.55. The Kier molecular flexibility index (Phi) is 3.90. The fourth-order valence-electron chi connectivity index (χ4n) is 1.95. The molecule has 1 saturated carbocycles. The van der Waals surface area contributed by atoms with E-state index in [-0.39, 0.29) is 11.8 Å². The van der Waals surface area contributed by atoms with Crippen molar-refractivity contribution >= 4 is 27.4 Å². The zero-order valence-electron chi connectivity index (χ0n) is 10.3. The average molecular weight is 336 g/mol. The van der Waals surface area contributed by atoms with E-state index in [0.717, 1.165) is 12.8 Å². The largest absolute Gasteiger partial charge is 0.405 e. The molecule has 1 aromatic rings. The van der Waals surface area contributed by atoms with Crippen LogP contribution < -0.4 is 4.90 Å². The van der Waals surface area contributed by atoms with Gasteiger partial charge in [-0.05, 0) is 53.9 Å². The number of carbonyl (C=O) groups excluding carboxylic acids is 1. The number of alkyl halides is 3. The van der Waals surface area contributed by atoms with Crippen molar-refractivity contribution in [3.05, 3.63) is 28.2 Å². The molecule has 0 aliphatic heterocycles. The van der Waals surface area contributed by atoms with Crippen LogP contribution in [0.3, 0.4) is 0 Å². The molecule has 0 saturated heterocycles. The van der Waals surface area contributed by atoms with Crippen molar-refractivity contribution in [2.45, 2.75) is 32.0 Å². The molecular weight excluding hydrogens is 323 g/mol. The summed E-state index contributed by atoms with van der Waals surface area (Å²) in [5.41, 5.74) is 0.975. The lowest BCUT2D eigenvalue weighted by Crippen LogP contribution is -2.36. The highest BCUT2D eigenvalue weighted by Crippen LogP contribution is 2.38. The van der Waals surface area contributed by atoms with Gasteiger partial charge in [0.25, 0.3) is 0 Å². The molecule has 0 amide bonds. The molecule has 2 rings (SSSR count). The Morgan fingerprint density at radius 1 is 1.42 bits per heavy atom. The highest BCUT2D eigenvalue weighted by Gasteiger charge is 2.38. The molecule has 0 N–H and O–H groups in total. The standard InChI is InChI=1S/C13H13BrF3NO/c1-8(19)9-2-5-12(11(14)6-9)18(10-3-4-10)7-13(15,16)17/h2,5-6,10H,3-4,7H2,1H3. The Morgan fingerprint density at radius 3 is 2.47 bits per heavy atom. The van der Waals surface area contributed by atoms with E-state index < -0.39 is 12.7 Å². The molecule has 1 fully saturated rings. The number of benzene rings is 1. The van der Waals surface area contributed by atoms with Gasteiger partial charge in [-0.2, -0.15) is 13.2 Å². The Bertz CT molecular complexity index is 497. The summed E-state index contributed by atoms with van der Waals surface area (Å²) in [5.74, 6) is -0.110. The second kappa shape index (κ2) is 5.15. The zero-order chi connectivity index (χ0) is 14.2. The molecule has 2 nitrogen and oxygen atoms in total. The van der Waals surface area contributed by atoms with Gasteiger partial charge < -0.3 is 4.90 Å². The molecule has 0 spiro atoms. The van der Waals surface area contributed by atoms with Gasteiger partial charge in [-0.15, -0.1) is 0 Å². The van der Waals surface area contributed by atoms with E-state index in [1.54, 1.807) is 18.2 Å². The lowest BCUT2D eigenvalue weighted by Gasteiger charge is -2.27. The molecule has 6 heteroatoms. The van der Waals surface area contributed by atoms with Crippen LogP contribution in [0.15, 0.2) is 22.7 Å². The topological polar surface area (TPSA) is 20.3 Å². The summed E-state index contributed by atoms with van der Waals surface area (Å²) in [7, 11) is 0. The summed E-state index contributed by atoms with van der Waals surface area (Å²) in [5, 5.41) is 0. The first-order chi connectivity index (χ1) is 8.78. The van der Waals surface area contributed by atoms with Crippen molar-refractivity contribution in [3.8, 4) is 0 Å². The summed E-state index contributed by atoms with van der Waals surface area (Å²) in [4.78, 5) is 12.6. The second-order valence-electron chi connectivity index (χ2n) is 4.70. The third kappa shape index (κ3) is 3.72. The smallest absolute Gasteiger partial charge is 0.359 e. The van der Waals surface area contributed by atoms with Crippen molar-refractivity contribution in [2.75, 3.05) is 11.4 Å². The molecule has 0 bridgehead atoms. The van der Waals surface area contributed by atoms with Crippen LogP contribution in [0.5, 0.6) is 0 Å². The number of halogens is 4. The predicted molar refractivity (Wildman–Crippen MR) is 70.6 cm³/mol. The van der Waals surface area contributed by atoms with E-state index in [2.05, 4.69) is 15.9 Å². The van der Waals surface area contributed by atoms with Gasteiger partial charge in [-0.1, -0.05) is 0 Å². The average Bonchev–Trinajstić information content (AvgIpc) is 3.08. The molecule has 19 heavy (non-hydrogen) atoms. The number of hydrogen-bond donors (Lipinski definition) is 0. The van der Waals surface area contributed by atoms with Crippen LogP contribution in [-0.2, 0) is 0 Å². The first kappa shape index (κ1) is 14.4. The van der Waals surface area contributed by atoms with Crippen molar-refractivity contribution in [2.24, 2.45) is 0 Å². The van der Waals surface area contributed by atoms with Gasteiger partial charge in [0.05, 0.1) is 5.69 Å². The lowest BCUT2D eigenvalue weighted by molar-refractivity contribution is -0.120. The monoisotopic (exact) mass is 335 g/mol. The summed E-state index contributed by atoms with van der Waals surface area (Å²) in [6, 6.07) is 4.66. The first-order valence-electron chi connectivity index (χ1n) is 5.92. The van der Waals surface area contributed by atoms with E-state index in [1.807, 2.05) is 0 Å². The highest BCUT2D eigenvalue weighted by atomic mass is 79.9. The fraction of sp³-hybridized carbons (Fsp3) is 0.462. The molecule has 0 atom stereocenters. The maximum Gasteiger partial charge on any atom is 0.405 e. The lowest BCUT2D eigenvalue weighted by atomic mass is 10.1. The van der Waals surface area contributed by atoms with E-state index in [1.165, 1.54) is 11.8 Å². The van der Waals surface area contributed by atoms with Crippen LogP contribution in [0.4, 0.5) is 18.9 Å². The van der Waals surface area contributed by atoms with Crippen molar-refractivity contribution in [3.63, 3.8) is 0 Å². The molecular formula is C13H13BrF3NO. The van der Waals surface area contributed by atoms with Crippen molar-refractivity contribution < 1.29 is 18.0 Å². The minimum absolute atomic E-state index is 0.0545. The number of nitrogens with zero attached hydrogens (tertiary/aromatic N) is 1. The van der Waals surface area contributed by atoms with Crippen LogP contribution in [0.1, 0.15) is 30.1 Å². The number of anilines is 1. The van der Waals surface area contributed by atoms with E-state index >= 15 is 0 Å². The molecule has 0 radical (unpaired) electrons. The quantitative estimate of drug-likeness (QED) is 0.769. The molecule has 0 heterocycles. The Balaban J connectivity index is 2.29.